The van der Waals surface area contributed by atoms with Gasteiger partial charge >= 0.3 is 6.18 Å². The Kier molecular flexibility index (Phi) is 10.8. The quantitative estimate of drug-likeness (QED) is 0.208. The summed E-state index contributed by atoms with van der Waals surface area (Å²) in [5.41, 5.74) is -0.435. The molecule has 0 heterocycles. The van der Waals surface area contributed by atoms with E-state index in [2.05, 4.69) is 15.6 Å². The maximum absolute atomic E-state index is 13.3. The summed E-state index contributed by atoms with van der Waals surface area (Å²) in [4.78, 5) is 4.41. The summed E-state index contributed by atoms with van der Waals surface area (Å²) in [7, 11) is 4.48. The first-order valence-electron chi connectivity index (χ1n) is 9.40. The summed E-state index contributed by atoms with van der Waals surface area (Å²) < 4.78 is 69.0. The number of benzene rings is 2. The van der Waals surface area contributed by atoms with Gasteiger partial charge in [0.1, 0.15) is 5.82 Å². The fourth-order valence-corrected chi connectivity index (χ4v) is 2.94. The van der Waals surface area contributed by atoms with Crippen LogP contribution in [0.1, 0.15) is 23.6 Å². The van der Waals surface area contributed by atoms with Crippen LogP contribution in [0.3, 0.4) is 0 Å². The van der Waals surface area contributed by atoms with Gasteiger partial charge in [-0.2, -0.15) is 13.2 Å². The van der Waals surface area contributed by atoms with E-state index >= 15 is 0 Å². The van der Waals surface area contributed by atoms with Crippen molar-refractivity contribution in [1.29, 1.82) is 0 Å². The highest BCUT2D eigenvalue weighted by atomic mass is 127. The molecule has 0 aliphatic carbocycles. The van der Waals surface area contributed by atoms with Crippen molar-refractivity contribution in [3.63, 3.8) is 0 Å². The number of aliphatic imine (C=N–C) groups is 1. The van der Waals surface area contributed by atoms with Gasteiger partial charge in [-0.15, -0.1) is 24.0 Å². The first-order valence-corrected chi connectivity index (χ1v) is 9.40. The number of methoxy groups -OCH3 is 3. The van der Waals surface area contributed by atoms with Crippen molar-refractivity contribution < 1.29 is 31.8 Å². The predicted molar refractivity (Wildman–Crippen MR) is 125 cm³/mol. The first-order chi connectivity index (χ1) is 14.7. The van der Waals surface area contributed by atoms with Gasteiger partial charge in [0.2, 0.25) is 5.75 Å². The van der Waals surface area contributed by atoms with Crippen LogP contribution in [-0.2, 0) is 19.3 Å². The lowest BCUT2D eigenvalue weighted by atomic mass is 10.1. The Balaban J connectivity index is 0.00000512. The van der Waals surface area contributed by atoms with Gasteiger partial charge in [0.05, 0.1) is 33.4 Å². The van der Waals surface area contributed by atoms with E-state index in [-0.39, 0.29) is 48.6 Å². The van der Waals surface area contributed by atoms with Crippen LogP contribution in [0.5, 0.6) is 17.2 Å². The fourth-order valence-electron chi connectivity index (χ4n) is 2.94. The highest BCUT2D eigenvalue weighted by molar-refractivity contribution is 14.0. The number of guanidine groups is 1. The molecule has 0 radical (unpaired) electrons. The number of ether oxygens (including phenoxy) is 3. The van der Waals surface area contributed by atoms with Gasteiger partial charge in [0.25, 0.3) is 0 Å². The lowest BCUT2D eigenvalue weighted by Crippen LogP contribution is -2.37. The summed E-state index contributed by atoms with van der Waals surface area (Å²) in [5, 5.41) is 5.82. The minimum absolute atomic E-state index is 0. The summed E-state index contributed by atoms with van der Waals surface area (Å²) in [6.45, 7) is 2.29. The largest absolute Gasteiger partial charge is 0.493 e. The van der Waals surface area contributed by atoms with Crippen molar-refractivity contribution in [3.8, 4) is 17.2 Å². The zero-order valence-electron chi connectivity index (χ0n) is 18.1. The van der Waals surface area contributed by atoms with Crippen LogP contribution in [-0.4, -0.2) is 33.8 Å². The molecule has 178 valence electrons. The third kappa shape index (κ3) is 7.04. The van der Waals surface area contributed by atoms with Crippen LogP contribution in [0, 0.1) is 5.82 Å². The van der Waals surface area contributed by atoms with Crippen molar-refractivity contribution in [3.05, 3.63) is 52.8 Å². The molecule has 0 aliphatic rings. The molecule has 6 nitrogen and oxygen atoms in total. The van der Waals surface area contributed by atoms with Crippen molar-refractivity contribution in [2.24, 2.45) is 4.99 Å². The van der Waals surface area contributed by atoms with E-state index in [4.69, 9.17) is 14.2 Å². The minimum atomic E-state index is -4.67. The van der Waals surface area contributed by atoms with Gasteiger partial charge in [-0.3, -0.25) is 0 Å². The Morgan fingerprint density at radius 1 is 0.938 bits per heavy atom. The monoisotopic (exact) mass is 571 g/mol. The minimum Gasteiger partial charge on any atom is -0.493 e. The highest BCUT2D eigenvalue weighted by Gasteiger charge is 2.33. The second-order valence-electron chi connectivity index (χ2n) is 6.34. The van der Waals surface area contributed by atoms with E-state index in [1.165, 1.54) is 21.3 Å². The van der Waals surface area contributed by atoms with E-state index in [1.54, 1.807) is 12.1 Å². The lowest BCUT2D eigenvalue weighted by Gasteiger charge is -2.17. The van der Waals surface area contributed by atoms with Gasteiger partial charge < -0.3 is 24.8 Å². The zero-order valence-corrected chi connectivity index (χ0v) is 20.4. The number of hydrogen-bond donors (Lipinski definition) is 2. The van der Waals surface area contributed by atoms with Crippen LogP contribution in [0.4, 0.5) is 17.6 Å². The third-order valence-electron chi connectivity index (χ3n) is 4.36. The second kappa shape index (κ2) is 12.6. The summed E-state index contributed by atoms with van der Waals surface area (Å²) in [5.74, 6) is 0.693. The molecule has 0 bridgehead atoms. The molecule has 0 saturated carbocycles. The Hall–Kier alpha value is -2.44. The molecule has 2 N–H and O–H groups in total. The molecule has 0 fully saturated rings. The third-order valence-corrected chi connectivity index (χ3v) is 4.36. The Morgan fingerprint density at radius 2 is 1.59 bits per heavy atom. The molecule has 0 amide bonds. The van der Waals surface area contributed by atoms with Gasteiger partial charge in [0, 0.05) is 18.7 Å². The average Bonchev–Trinajstić information content (AvgIpc) is 2.74. The Morgan fingerprint density at radius 3 is 2.16 bits per heavy atom. The Bertz CT molecular complexity index is 924. The van der Waals surface area contributed by atoms with Crippen LogP contribution in [0.15, 0.2) is 35.3 Å². The molecular weight excluding hydrogens is 545 g/mol. The van der Waals surface area contributed by atoms with Gasteiger partial charge in [-0.05, 0) is 36.8 Å². The number of rotatable bonds is 8. The fraction of sp³-hybridized carbons (Fsp3) is 0.381. The van der Waals surface area contributed by atoms with Crippen LogP contribution >= 0.6 is 24.0 Å². The number of nitrogens with zero attached hydrogens (tertiary/aromatic N) is 1. The first kappa shape index (κ1) is 27.6. The molecule has 0 unspecified atom stereocenters. The molecule has 0 saturated heterocycles. The van der Waals surface area contributed by atoms with E-state index < -0.39 is 17.6 Å². The molecule has 2 aromatic rings. The molecule has 11 heteroatoms. The molecule has 0 atom stereocenters. The summed E-state index contributed by atoms with van der Waals surface area (Å²) >= 11 is 0. The van der Waals surface area contributed by atoms with E-state index in [9.17, 15) is 17.6 Å². The molecule has 2 aromatic carbocycles. The van der Waals surface area contributed by atoms with Crippen LogP contribution in [0.25, 0.3) is 0 Å². The van der Waals surface area contributed by atoms with E-state index in [0.29, 0.717) is 35.4 Å². The normalized spacial score (nSPS) is 11.4. The van der Waals surface area contributed by atoms with Crippen LogP contribution < -0.4 is 24.8 Å². The van der Waals surface area contributed by atoms with Crippen molar-refractivity contribution >= 4 is 29.9 Å². The van der Waals surface area contributed by atoms with Gasteiger partial charge in [0.15, 0.2) is 17.5 Å². The molecule has 2 rings (SSSR count). The molecule has 0 aromatic heterocycles. The maximum Gasteiger partial charge on any atom is 0.416 e. The number of hydrogen-bond acceptors (Lipinski definition) is 4. The molecule has 0 spiro atoms. The maximum atomic E-state index is 13.3. The topological polar surface area (TPSA) is 64.1 Å². The van der Waals surface area contributed by atoms with Crippen LogP contribution in [0.2, 0.25) is 0 Å². The van der Waals surface area contributed by atoms with Crippen molar-refractivity contribution in [2.45, 2.75) is 26.2 Å². The average molecular weight is 571 g/mol. The smallest absolute Gasteiger partial charge is 0.416 e. The van der Waals surface area contributed by atoms with Gasteiger partial charge in [-0.1, -0.05) is 6.07 Å². The number of halogens is 5. The summed E-state index contributed by atoms with van der Waals surface area (Å²) in [6.07, 6.45) is -4.67. The molecule has 0 aliphatic heterocycles. The van der Waals surface area contributed by atoms with E-state index in [0.717, 1.165) is 12.1 Å². The lowest BCUT2D eigenvalue weighted by molar-refractivity contribution is -0.138. The number of alkyl halides is 3. The SMILES string of the molecule is CCNC(=NCc1ccc(OC)c(OC)c1OC)NCc1ccc(F)cc1C(F)(F)F.I. The van der Waals surface area contributed by atoms with E-state index in [1.807, 2.05) is 6.92 Å². The number of nitrogens with one attached hydrogen (secondary N) is 2. The van der Waals surface area contributed by atoms with Crippen molar-refractivity contribution in [2.75, 3.05) is 27.9 Å². The highest BCUT2D eigenvalue weighted by Crippen LogP contribution is 2.40. The molecule has 32 heavy (non-hydrogen) atoms. The zero-order chi connectivity index (χ0) is 23.0. The summed E-state index contributed by atoms with van der Waals surface area (Å²) in [6, 6.07) is 6.04. The van der Waals surface area contributed by atoms with Crippen molar-refractivity contribution in [1.82, 2.24) is 10.6 Å². The predicted octanol–water partition coefficient (Wildman–Crippen LogP) is 4.74. The molecular formula is C21H26F4IN3O3. The second-order valence-corrected chi connectivity index (χ2v) is 6.34. The Labute approximate surface area is 201 Å². The standard InChI is InChI=1S/C21H25F4N3O3.HI/c1-5-26-20(27-11-13-6-8-15(22)10-16(13)21(23,24)25)28-12-14-7-9-17(29-2)19(31-4)18(14)30-3;/h6-10H,5,11-12H2,1-4H3,(H2,26,27,28);1H. The van der Waals surface area contributed by atoms with Gasteiger partial charge in [-0.25, -0.2) is 9.38 Å².